The normalized spacial score (nSPS) is 16.8. The summed E-state index contributed by atoms with van der Waals surface area (Å²) < 4.78 is 4.87. The number of hydrogen-bond donors (Lipinski definition) is 1. The molecule has 1 saturated heterocycles. The molecule has 1 atom stereocenters. The summed E-state index contributed by atoms with van der Waals surface area (Å²) in [6, 6.07) is 6.65. The fourth-order valence-electron chi connectivity index (χ4n) is 2.36. The van der Waals surface area contributed by atoms with Crippen molar-refractivity contribution < 1.29 is 14.3 Å². The standard InChI is InChI=1S/C15H20ClN3O3/c1-22-10-13(17)15(21)19-7-6-18(14(20)9-19)8-11-2-4-12(16)5-3-11/h2-5,13H,6-10,17H2,1H3. The number of carbonyl (C=O) groups excluding carboxylic acids is 2. The van der Waals surface area contributed by atoms with Crippen LogP contribution in [0.2, 0.25) is 5.02 Å². The third-order valence-electron chi connectivity index (χ3n) is 3.58. The summed E-state index contributed by atoms with van der Waals surface area (Å²) in [6.07, 6.45) is 0. The van der Waals surface area contributed by atoms with E-state index in [2.05, 4.69) is 0 Å². The van der Waals surface area contributed by atoms with Gasteiger partial charge < -0.3 is 20.3 Å². The fraction of sp³-hybridized carbons (Fsp3) is 0.467. The van der Waals surface area contributed by atoms with E-state index in [1.54, 1.807) is 17.0 Å². The number of benzene rings is 1. The summed E-state index contributed by atoms with van der Waals surface area (Å²) in [4.78, 5) is 27.5. The number of rotatable bonds is 5. The predicted octanol–water partition coefficient (Wildman–Crippen LogP) is 0.485. The molecule has 1 aliphatic heterocycles. The molecule has 2 rings (SSSR count). The Morgan fingerprint density at radius 2 is 2.05 bits per heavy atom. The first-order chi connectivity index (χ1) is 10.5. The molecule has 0 radical (unpaired) electrons. The number of ether oxygens (including phenoxy) is 1. The average molecular weight is 326 g/mol. The quantitative estimate of drug-likeness (QED) is 0.854. The van der Waals surface area contributed by atoms with Crippen LogP contribution in [-0.4, -0.2) is 61.0 Å². The molecular formula is C15H20ClN3O3. The van der Waals surface area contributed by atoms with E-state index in [9.17, 15) is 9.59 Å². The van der Waals surface area contributed by atoms with E-state index < -0.39 is 6.04 Å². The summed E-state index contributed by atoms with van der Waals surface area (Å²) in [5.74, 6) is -0.333. The highest BCUT2D eigenvalue weighted by atomic mass is 35.5. The lowest BCUT2D eigenvalue weighted by molar-refractivity contribution is -0.147. The lowest BCUT2D eigenvalue weighted by atomic mass is 10.2. The van der Waals surface area contributed by atoms with Gasteiger partial charge in [-0.25, -0.2) is 0 Å². The molecule has 0 spiro atoms. The van der Waals surface area contributed by atoms with Crippen molar-refractivity contribution in [2.24, 2.45) is 5.73 Å². The van der Waals surface area contributed by atoms with E-state index in [0.29, 0.717) is 24.7 Å². The zero-order valence-electron chi connectivity index (χ0n) is 12.5. The van der Waals surface area contributed by atoms with Gasteiger partial charge in [0.2, 0.25) is 11.8 Å². The molecule has 1 aromatic rings. The molecule has 2 N–H and O–H groups in total. The maximum Gasteiger partial charge on any atom is 0.242 e. The number of amides is 2. The van der Waals surface area contributed by atoms with Crippen LogP contribution >= 0.6 is 11.6 Å². The summed E-state index contributed by atoms with van der Waals surface area (Å²) in [5, 5.41) is 0.664. The fourth-order valence-corrected chi connectivity index (χ4v) is 2.49. The van der Waals surface area contributed by atoms with Crippen LogP contribution in [0, 0.1) is 0 Å². The maximum atomic E-state index is 12.2. The third kappa shape index (κ3) is 4.19. The minimum Gasteiger partial charge on any atom is -0.383 e. The van der Waals surface area contributed by atoms with Crippen LogP contribution in [0.15, 0.2) is 24.3 Å². The van der Waals surface area contributed by atoms with Gasteiger partial charge in [0, 0.05) is 31.8 Å². The van der Waals surface area contributed by atoms with Crippen LogP contribution in [0.5, 0.6) is 0 Å². The number of halogens is 1. The van der Waals surface area contributed by atoms with Crippen LogP contribution in [0.4, 0.5) is 0 Å². The molecule has 0 aliphatic carbocycles. The summed E-state index contributed by atoms with van der Waals surface area (Å²) in [6.45, 7) is 1.70. The molecule has 1 aliphatic rings. The van der Waals surface area contributed by atoms with E-state index in [0.717, 1.165) is 5.56 Å². The molecule has 6 nitrogen and oxygen atoms in total. The Morgan fingerprint density at radius 3 is 2.64 bits per heavy atom. The highest BCUT2D eigenvalue weighted by Gasteiger charge is 2.29. The number of nitrogens with two attached hydrogens (primary N) is 1. The molecule has 22 heavy (non-hydrogen) atoms. The van der Waals surface area contributed by atoms with Crippen LogP contribution in [-0.2, 0) is 20.9 Å². The second-order valence-electron chi connectivity index (χ2n) is 5.26. The first-order valence-corrected chi connectivity index (χ1v) is 7.44. The lowest BCUT2D eigenvalue weighted by Crippen LogP contribution is -2.56. The highest BCUT2D eigenvalue weighted by molar-refractivity contribution is 6.30. The Hall–Kier alpha value is -1.63. The molecule has 0 saturated carbocycles. The van der Waals surface area contributed by atoms with Crippen molar-refractivity contribution in [3.63, 3.8) is 0 Å². The van der Waals surface area contributed by atoms with Crippen LogP contribution in [0.3, 0.4) is 0 Å². The van der Waals surface area contributed by atoms with Gasteiger partial charge >= 0.3 is 0 Å². The number of methoxy groups -OCH3 is 1. The Bertz CT molecular complexity index is 535. The molecule has 1 unspecified atom stereocenters. The first-order valence-electron chi connectivity index (χ1n) is 7.07. The monoisotopic (exact) mass is 325 g/mol. The maximum absolute atomic E-state index is 12.2. The van der Waals surface area contributed by atoms with Gasteiger partial charge in [-0.3, -0.25) is 9.59 Å². The van der Waals surface area contributed by atoms with Gasteiger partial charge in [-0.1, -0.05) is 23.7 Å². The molecule has 0 bridgehead atoms. The van der Waals surface area contributed by atoms with Crippen molar-refractivity contribution in [2.45, 2.75) is 12.6 Å². The summed E-state index contributed by atoms with van der Waals surface area (Å²) >= 11 is 5.85. The zero-order chi connectivity index (χ0) is 16.1. The minimum atomic E-state index is -0.722. The smallest absolute Gasteiger partial charge is 0.242 e. The highest BCUT2D eigenvalue weighted by Crippen LogP contribution is 2.13. The molecule has 7 heteroatoms. The van der Waals surface area contributed by atoms with Gasteiger partial charge in [0.15, 0.2) is 0 Å². The van der Waals surface area contributed by atoms with Gasteiger partial charge in [-0.15, -0.1) is 0 Å². The van der Waals surface area contributed by atoms with E-state index in [1.807, 2.05) is 12.1 Å². The van der Waals surface area contributed by atoms with Gasteiger partial charge in [-0.2, -0.15) is 0 Å². The number of piperazine rings is 1. The van der Waals surface area contributed by atoms with Crippen molar-refractivity contribution >= 4 is 23.4 Å². The van der Waals surface area contributed by atoms with Gasteiger partial charge in [-0.05, 0) is 17.7 Å². The number of carbonyl (C=O) groups is 2. The Morgan fingerprint density at radius 1 is 1.36 bits per heavy atom. The van der Waals surface area contributed by atoms with Crippen molar-refractivity contribution in [3.05, 3.63) is 34.9 Å². The topological polar surface area (TPSA) is 75.9 Å². The van der Waals surface area contributed by atoms with E-state index in [4.69, 9.17) is 22.1 Å². The second-order valence-corrected chi connectivity index (χ2v) is 5.70. The van der Waals surface area contributed by atoms with E-state index in [-0.39, 0.29) is 25.0 Å². The van der Waals surface area contributed by atoms with Gasteiger partial charge in [0.1, 0.15) is 6.04 Å². The number of nitrogens with zero attached hydrogens (tertiary/aromatic N) is 2. The van der Waals surface area contributed by atoms with Crippen LogP contribution in [0.25, 0.3) is 0 Å². The molecular weight excluding hydrogens is 306 g/mol. The Balaban J connectivity index is 1.91. The SMILES string of the molecule is COCC(N)C(=O)N1CCN(Cc2ccc(Cl)cc2)C(=O)C1. The van der Waals surface area contributed by atoms with Crippen molar-refractivity contribution in [1.29, 1.82) is 0 Å². The Labute approximate surface area is 134 Å². The molecule has 120 valence electrons. The largest absolute Gasteiger partial charge is 0.383 e. The molecule has 1 heterocycles. The number of hydrogen-bond acceptors (Lipinski definition) is 4. The average Bonchev–Trinajstić information content (AvgIpc) is 2.51. The molecule has 1 fully saturated rings. The van der Waals surface area contributed by atoms with Crippen LogP contribution in [0.1, 0.15) is 5.56 Å². The summed E-state index contributed by atoms with van der Waals surface area (Å²) in [5.41, 5.74) is 6.73. The zero-order valence-corrected chi connectivity index (χ0v) is 13.3. The van der Waals surface area contributed by atoms with E-state index in [1.165, 1.54) is 12.0 Å². The summed E-state index contributed by atoms with van der Waals surface area (Å²) in [7, 11) is 1.49. The second kappa shape index (κ2) is 7.58. The van der Waals surface area contributed by atoms with Crippen molar-refractivity contribution in [2.75, 3.05) is 33.4 Å². The molecule has 2 amide bonds. The minimum absolute atomic E-state index is 0.0594. The lowest BCUT2D eigenvalue weighted by Gasteiger charge is -2.35. The molecule has 0 aromatic heterocycles. The van der Waals surface area contributed by atoms with E-state index >= 15 is 0 Å². The third-order valence-corrected chi connectivity index (χ3v) is 3.83. The van der Waals surface area contributed by atoms with Gasteiger partial charge in [0.05, 0.1) is 13.2 Å². The Kier molecular flexibility index (Phi) is 5.76. The predicted molar refractivity (Wildman–Crippen MR) is 83.3 cm³/mol. The van der Waals surface area contributed by atoms with Crippen LogP contribution < -0.4 is 5.73 Å². The molecule has 1 aromatic carbocycles. The van der Waals surface area contributed by atoms with Gasteiger partial charge in [0.25, 0.3) is 0 Å². The van der Waals surface area contributed by atoms with Crippen molar-refractivity contribution in [1.82, 2.24) is 9.80 Å². The van der Waals surface area contributed by atoms with Crippen molar-refractivity contribution in [3.8, 4) is 0 Å². The first kappa shape index (κ1) is 16.7.